The third-order valence-corrected chi connectivity index (χ3v) is 5.86. The zero-order chi connectivity index (χ0) is 18.0. The molecule has 1 aliphatic carbocycles. The first kappa shape index (κ1) is 17.8. The molecule has 2 aromatic carbocycles. The highest BCUT2D eigenvalue weighted by Gasteiger charge is 2.53. The lowest BCUT2D eigenvalue weighted by Crippen LogP contribution is -2.32. The average Bonchev–Trinajstić information content (AvgIpc) is 3.26. The Kier molecular flexibility index (Phi) is 5.16. The Morgan fingerprint density at radius 1 is 1.12 bits per heavy atom. The Morgan fingerprint density at radius 2 is 1.81 bits per heavy atom. The summed E-state index contributed by atoms with van der Waals surface area (Å²) in [5.74, 6) is -0.629. The summed E-state index contributed by atoms with van der Waals surface area (Å²) in [5, 5.41) is 10.7. The average molecular weight is 370 g/mol. The van der Waals surface area contributed by atoms with Crippen LogP contribution >= 0.6 is 11.8 Å². The predicted octanol–water partition coefficient (Wildman–Crippen LogP) is 3.71. The van der Waals surface area contributed by atoms with Crippen molar-refractivity contribution in [1.82, 2.24) is 0 Å². The third kappa shape index (κ3) is 3.33. The largest absolute Gasteiger partial charge is 0.388 e. The molecule has 4 nitrogen and oxygen atoms in total. The van der Waals surface area contributed by atoms with Gasteiger partial charge >= 0.3 is 5.97 Å². The van der Waals surface area contributed by atoms with Crippen molar-refractivity contribution in [2.75, 3.05) is 12.9 Å². The summed E-state index contributed by atoms with van der Waals surface area (Å²) in [6.07, 6.45) is 1.74. The van der Waals surface area contributed by atoms with Crippen molar-refractivity contribution in [2.24, 2.45) is 0 Å². The summed E-state index contributed by atoms with van der Waals surface area (Å²) in [6.45, 7) is 0. The van der Waals surface area contributed by atoms with E-state index in [1.165, 1.54) is 0 Å². The SMILES string of the molecule is COC1(c2ccccc2)OC2CC=C(C(O)CSc3ccccc3)C2O1. The Balaban J connectivity index is 1.46. The first-order valence-corrected chi connectivity index (χ1v) is 9.72. The third-order valence-electron chi connectivity index (χ3n) is 4.77. The highest BCUT2D eigenvalue weighted by atomic mass is 32.2. The van der Waals surface area contributed by atoms with Gasteiger partial charge in [0.2, 0.25) is 0 Å². The second-order valence-corrected chi connectivity index (χ2v) is 7.49. The van der Waals surface area contributed by atoms with Gasteiger partial charge in [-0.3, -0.25) is 0 Å². The van der Waals surface area contributed by atoms with E-state index in [9.17, 15) is 5.11 Å². The molecule has 0 amide bonds. The number of methoxy groups -OCH3 is 1. The van der Waals surface area contributed by atoms with Crippen molar-refractivity contribution >= 4 is 11.8 Å². The molecule has 1 N–H and O–H groups in total. The topological polar surface area (TPSA) is 47.9 Å². The molecule has 26 heavy (non-hydrogen) atoms. The van der Waals surface area contributed by atoms with E-state index in [1.54, 1.807) is 18.9 Å². The maximum atomic E-state index is 10.7. The smallest absolute Gasteiger partial charge is 0.312 e. The summed E-state index contributed by atoms with van der Waals surface area (Å²) in [6, 6.07) is 19.7. The fraction of sp³-hybridized carbons (Fsp3) is 0.333. The minimum atomic E-state index is -1.21. The van der Waals surface area contributed by atoms with Gasteiger partial charge < -0.3 is 19.3 Å². The standard InChI is InChI=1S/C21H22O4S/c1-23-21(15-8-4-2-5-9-15)24-19-13-12-17(20(19)25-21)18(22)14-26-16-10-6-3-7-11-16/h2-12,18-20,22H,13-14H2,1H3. The molecule has 1 aliphatic heterocycles. The van der Waals surface area contributed by atoms with Crippen molar-refractivity contribution in [1.29, 1.82) is 0 Å². The number of hydrogen-bond acceptors (Lipinski definition) is 5. The molecule has 0 bridgehead atoms. The van der Waals surface area contributed by atoms with E-state index in [0.29, 0.717) is 12.2 Å². The number of thioether (sulfide) groups is 1. The zero-order valence-corrected chi connectivity index (χ0v) is 15.4. The van der Waals surface area contributed by atoms with Crippen LogP contribution in [0.25, 0.3) is 0 Å². The molecular weight excluding hydrogens is 348 g/mol. The van der Waals surface area contributed by atoms with Gasteiger partial charge in [0.25, 0.3) is 0 Å². The molecule has 1 heterocycles. The second-order valence-electron chi connectivity index (χ2n) is 6.40. The maximum Gasteiger partial charge on any atom is 0.312 e. The predicted molar refractivity (Wildman–Crippen MR) is 101 cm³/mol. The van der Waals surface area contributed by atoms with Crippen LogP contribution in [-0.4, -0.2) is 36.3 Å². The molecule has 0 saturated carbocycles. The quantitative estimate of drug-likeness (QED) is 0.620. The van der Waals surface area contributed by atoms with Gasteiger partial charge in [0, 0.05) is 23.3 Å². The number of fused-ring (bicyclic) bond motifs is 1. The van der Waals surface area contributed by atoms with Crippen LogP contribution in [0.1, 0.15) is 12.0 Å². The lowest BCUT2D eigenvalue weighted by molar-refractivity contribution is -0.342. The van der Waals surface area contributed by atoms with E-state index in [0.717, 1.165) is 16.0 Å². The first-order chi connectivity index (χ1) is 12.7. The highest BCUT2D eigenvalue weighted by Crippen LogP contribution is 2.45. The second kappa shape index (κ2) is 7.55. The van der Waals surface area contributed by atoms with Gasteiger partial charge in [-0.2, -0.15) is 0 Å². The van der Waals surface area contributed by atoms with Crippen LogP contribution in [0.15, 0.2) is 77.2 Å². The molecule has 5 heteroatoms. The van der Waals surface area contributed by atoms with Crippen molar-refractivity contribution in [2.45, 2.75) is 35.6 Å². The number of aliphatic hydroxyl groups is 1. The van der Waals surface area contributed by atoms with Crippen molar-refractivity contribution in [3.05, 3.63) is 77.9 Å². The van der Waals surface area contributed by atoms with Gasteiger partial charge in [0.15, 0.2) is 0 Å². The van der Waals surface area contributed by atoms with Gasteiger partial charge in [-0.1, -0.05) is 54.6 Å². The molecule has 1 saturated heterocycles. The summed E-state index contributed by atoms with van der Waals surface area (Å²) < 4.78 is 18.0. The fourth-order valence-corrected chi connectivity index (χ4v) is 4.35. The van der Waals surface area contributed by atoms with E-state index in [-0.39, 0.29) is 12.2 Å². The lowest BCUT2D eigenvalue weighted by atomic mass is 10.1. The van der Waals surface area contributed by atoms with Crippen molar-refractivity contribution in [3.8, 4) is 0 Å². The minimum absolute atomic E-state index is 0.137. The molecule has 4 unspecified atom stereocenters. The molecule has 4 rings (SSSR count). The number of hydrogen-bond donors (Lipinski definition) is 1. The van der Waals surface area contributed by atoms with Crippen LogP contribution in [0.3, 0.4) is 0 Å². The van der Waals surface area contributed by atoms with Gasteiger partial charge in [0.05, 0.1) is 12.2 Å². The molecule has 0 spiro atoms. The lowest BCUT2D eigenvalue weighted by Gasteiger charge is -2.27. The Morgan fingerprint density at radius 3 is 2.50 bits per heavy atom. The van der Waals surface area contributed by atoms with Gasteiger partial charge in [-0.15, -0.1) is 11.8 Å². The van der Waals surface area contributed by atoms with Crippen molar-refractivity contribution < 1.29 is 19.3 Å². The molecular formula is C21H22O4S. The summed E-state index contributed by atoms with van der Waals surface area (Å²) in [7, 11) is 1.58. The molecule has 2 aliphatic rings. The molecule has 1 fully saturated rings. The monoisotopic (exact) mass is 370 g/mol. The Labute approximate surface area is 157 Å². The van der Waals surface area contributed by atoms with E-state index < -0.39 is 12.1 Å². The molecule has 0 aromatic heterocycles. The number of rotatable bonds is 6. The summed E-state index contributed by atoms with van der Waals surface area (Å²) in [5.41, 5.74) is 1.71. The van der Waals surface area contributed by atoms with Crippen LogP contribution in [0.2, 0.25) is 0 Å². The van der Waals surface area contributed by atoms with Crippen LogP contribution in [0.5, 0.6) is 0 Å². The van der Waals surface area contributed by atoms with Crippen LogP contribution < -0.4 is 0 Å². The normalized spacial score (nSPS) is 28.6. The van der Waals surface area contributed by atoms with Crippen LogP contribution in [0, 0.1) is 0 Å². The van der Waals surface area contributed by atoms with E-state index >= 15 is 0 Å². The van der Waals surface area contributed by atoms with Crippen LogP contribution in [-0.2, 0) is 20.2 Å². The minimum Gasteiger partial charge on any atom is -0.388 e. The Bertz CT molecular complexity index is 764. The summed E-state index contributed by atoms with van der Waals surface area (Å²) in [4.78, 5) is 1.14. The number of benzene rings is 2. The van der Waals surface area contributed by atoms with E-state index in [4.69, 9.17) is 14.2 Å². The maximum absolute atomic E-state index is 10.7. The van der Waals surface area contributed by atoms with Gasteiger partial charge in [-0.05, 0) is 24.1 Å². The van der Waals surface area contributed by atoms with Gasteiger partial charge in [0.1, 0.15) is 6.10 Å². The molecule has 4 atom stereocenters. The highest BCUT2D eigenvalue weighted by molar-refractivity contribution is 7.99. The first-order valence-electron chi connectivity index (χ1n) is 8.74. The molecule has 136 valence electrons. The number of aliphatic hydroxyl groups excluding tert-OH is 1. The molecule has 0 radical (unpaired) electrons. The van der Waals surface area contributed by atoms with E-state index in [1.807, 2.05) is 66.7 Å². The fourth-order valence-electron chi connectivity index (χ4n) is 3.46. The van der Waals surface area contributed by atoms with Gasteiger partial charge in [-0.25, -0.2) is 0 Å². The zero-order valence-electron chi connectivity index (χ0n) is 14.6. The number of ether oxygens (including phenoxy) is 3. The Hall–Kier alpha value is -1.63. The van der Waals surface area contributed by atoms with E-state index in [2.05, 4.69) is 0 Å². The van der Waals surface area contributed by atoms with Crippen LogP contribution in [0.4, 0.5) is 0 Å². The van der Waals surface area contributed by atoms with Crippen molar-refractivity contribution in [3.63, 3.8) is 0 Å². The molecule has 2 aromatic rings. The summed E-state index contributed by atoms with van der Waals surface area (Å²) >= 11 is 1.63.